The van der Waals surface area contributed by atoms with Gasteiger partial charge in [-0.1, -0.05) is 43.3 Å². The van der Waals surface area contributed by atoms with E-state index in [-0.39, 0.29) is 30.6 Å². The summed E-state index contributed by atoms with van der Waals surface area (Å²) in [5.74, 6) is 1.91. The number of benzene rings is 1. The quantitative estimate of drug-likeness (QED) is 0.411. The average Bonchev–Trinajstić information content (AvgIpc) is 3.43. The molecule has 4 aromatic rings. The van der Waals surface area contributed by atoms with Gasteiger partial charge in [0.2, 0.25) is 5.89 Å². The van der Waals surface area contributed by atoms with Gasteiger partial charge in [0.1, 0.15) is 12.4 Å². The van der Waals surface area contributed by atoms with Gasteiger partial charge in [-0.2, -0.15) is 4.98 Å². The number of aromatic nitrogens is 4. The van der Waals surface area contributed by atoms with Crippen LogP contribution in [0.2, 0.25) is 0 Å². The van der Waals surface area contributed by atoms with Crippen molar-refractivity contribution in [2.45, 2.75) is 32.1 Å². The smallest absolute Gasteiger partial charge is 0.323 e. The summed E-state index contributed by atoms with van der Waals surface area (Å²) in [4.78, 5) is 27.7. The Hall–Kier alpha value is -3.57. The molecule has 10 nitrogen and oxygen atoms in total. The maximum absolute atomic E-state index is 12.7. The summed E-state index contributed by atoms with van der Waals surface area (Å²) in [7, 11) is 0. The van der Waals surface area contributed by atoms with Crippen LogP contribution < -0.4 is 10.1 Å². The number of anilines is 1. The normalized spacial score (nSPS) is 14.2. The first-order valence-corrected chi connectivity index (χ1v) is 12.1. The molecular weight excluding hydrogens is 468 g/mol. The van der Waals surface area contributed by atoms with Crippen LogP contribution in [0.4, 0.5) is 9.93 Å². The third kappa shape index (κ3) is 4.96. The molecule has 35 heavy (non-hydrogen) atoms. The maximum Gasteiger partial charge on any atom is 0.323 e. The van der Waals surface area contributed by atoms with Crippen molar-refractivity contribution in [3.8, 4) is 16.9 Å². The van der Waals surface area contributed by atoms with Crippen LogP contribution in [-0.4, -0.2) is 62.4 Å². The zero-order valence-corrected chi connectivity index (χ0v) is 20.5. The van der Waals surface area contributed by atoms with Crippen molar-refractivity contribution < 1.29 is 19.2 Å². The van der Waals surface area contributed by atoms with Crippen LogP contribution >= 0.6 is 11.3 Å². The van der Waals surface area contributed by atoms with Crippen molar-refractivity contribution >= 4 is 32.7 Å². The number of nitrogens with zero attached hydrogens (tertiary/aromatic N) is 5. The van der Waals surface area contributed by atoms with E-state index in [9.17, 15) is 4.79 Å². The highest BCUT2D eigenvalue weighted by molar-refractivity contribution is 7.22. The Kier molecular flexibility index (Phi) is 6.12. The lowest BCUT2D eigenvalue weighted by Gasteiger charge is -2.36. The third-order valence-corrected chi connectivity index (χ3v) is 6.56. The van der Waals surface area contributed by atoms with Gasteiger partial charge in [0, 0.05) is 30.3 Å². The average molecular weight is 495 g/mol. The Morgan fingerprint density at radius 2 is 2.06 bits per heavy atom. The minimum absolute atomic E-state index is 0.0567. The molecule has 3 aromatic heterocycles. The molecule has 2 amide bonds. The molecule has 1 saturated heterocycles. The van der Waals surface area contributed by atoms with E-state index in [2.05, 4.69) is 25.4 Å². The van der Waals surface area contributed by atoms with Gasteiger partial charge in [-0.3, -0.25) is 10.3 Å². The number of rotatable bonds is 6. The zero-order valence-electron chi connectivity index (χ0n) is 19.7. The van der Waals surface area contributed by atoms with Crippen LogP contribution in [0.3, 0.4) is 0 Å². The Labute approximate surface area is 206 Å². The molecule has 2 N–H and O–H groups in total. The Balaban J connectivity index is 1.23. The van der Waals surface area contributed by atoms with E-state index in [1.165, 1.54) is 11.3 Å². The summed E-state index contributed by atoms with van der Waals surface area (Å²) < 4.78 is 11.8. The molecule has 0 atom stereocenters. The molecule has 0 aliphatic carbocycles. The number of fused-ring (bicyclic) bond motifs is 1. The second-order valence-corrected chi connectivity index (χ2v) is 10.5. The number of urea groups is 1. The number of ether oxygens (including phenoxy) is 1. The molecule has 11 heteroatoms. The van der Waals surface area contributed by atoms with Crippen molar-refractivity contribution in [1.82, 2.24) is 25.0 Å². The number of nitrogens with one attached hydrogen (secondary N) is 1. The van der Waals surface area contributed by atoms with Crippen LogP contribution in [0.15, 0.2) is 41.2 Å². The lowest BCUT2D eigenvalue weighted by molar-refractivity contribution is 0.159. The van der Waals surface area contributed by atoms with Gasteiger partial charge in [-0.05, 0) is 23.8 Å². The lowest BCUT2D eigenvalue weighted by Crippen LogP contribution is -2.50. The summed E-state index contributed by atoms with van der Waals surface area (Å²) in [6.07, 6.45) is 3.37. The topological polar surface area (TPSA) is 127 Å². The summed E-state index contributed by atoms with van der Waals surface area (Å²) in [5, 5.41) is 16.5. The predicted octanol–water partition coefficient (Wildman–Crippen LogP) is 4.04. The van der Waals surface area contributed by atoms with Crippen molar-refractivity contribution in [2.75, 3.05) is 31.6 Å². The van der Waals surface area contributed by atoms with E-state index < -0.39 is 0 Å². The fourth-order valence-electron chi connectivity index (χ4n) is 3.66. The van der Waals surface area contributed by atoms with Gasteiger partial charge in [-0.15, -0.1) is 0 Å². The number of hydrogen-bond acceptors (Lipinski definition) is 9. The first-order chi connectivity index (χ1) is 16.8. The molecule has 0 unspecified atom stereocenters. The number of hydrogen-bond donors (Lipinski definition) is 2. The number of pyridine rings is 1. The number of carbonyl (C=O) groups excluding carboxylic acids is 1. The van der Waals surface area contributed by atoms with E-state index >= 15 is 0 Å². The molecule has 0 bridgehead atoms. The number of carbonyl (C=O) groups is 1. The third-order valence-electron chi connectivity index (χ3n) is 5.63. The molecule has 1 fully saturated rings. The standard InChI is InChI=1S/C24H26N6O4S/c1-24(2,3)21-27-20(29-34-21)16-12-30(13-16)23(32)28-22-26-18-5-4-14(9-19(18)35-22)15-8-17(11-25-10-15)33-7-6-31/h4-5,8-11,16,31H,6-7,12-13H2,1-3H3,(H,26,28,32). The van der Waals surface area contributed by atoms with Crippen LogP contribution in [0.25, 0.3) is 21.3 Å². The minimum Gasteiger partial charge on any atom is -0.490 e. The maximum atomic E-state index is 12.7. The van der Waals surface area contributed by atoms with Crippen molar-refractivity contribution in [1.29, 1.82) is 0 Å². The van der Waals surface area contributed by atoms with Gasteiger partial charge >= 0.3 is 6.03 Å². The molecule has 1 aliphatic heterocycles. The molecule has 0 spiro atoms. The highest BCUT2D eigenvalue weighted by atomic mass is 32.1. The molecule has 5 rings (SSSR count). The van der Waals surface area contributed by atoms with Gasteiger partial charge < -0.3 is 19.3 Å². The Bertz CT molecular complexity index is 1360. The van der Waals surface area contributed by atoms with Crippen LogP contribution in [0, 0.1) is 0 Å². The highest BCUT2D eigenvalue weighted by Crippen LogP contribution is 2.33. The summed E-state index contributed by atoms with van der Waals surface area (Å²) in [6, 6.07) is 7.57. The van der Waals surface area contributed by atoms with Crippen molar-refractivity contribution in [2.24, 2.45) is 0 Å². The van der Waals surface area contributed by atoms with Crippen LogP contribution in [0.1, 0.15) is 38.4 Å². The second-order valence-electron chi connectivity index (χ2n) is 9.42. The molecule has 0 saturated carbocycles. The largest absolute Gasteiger partial charge is 0.490 e. The van der Waals surface area contributed by atoms with E-state index in [1.54, 1.807) is 17.3 Å². The fourth-order valence-corrected chi connectivity index (χ4v) is 4.56. The Morgan fingerprint density at radius 1 is 1.23 bits per heavy atom. The van der Waals surface area contributed by atoms with E-state index in [0.29, 0.717) is 35.7 Å². The molecular formula is C24H26N6O4S. The summed E-state index contributed by atoms with van der Waals surface area (Å²) in [6.45, 7) is 7.29. The number of aliphatic hydroxyl groups is 1. The van der Waals surface area contributed by atoms with E-state index in [0.717, 1.165) is 21.3 Å². The number of likely N-dealkylation sites (tertiary alicyclic amines) is 1. The van der Waals surface area contributed by atoms with Gasteiger partial charge in [-0.25, -0.2) is 9.78 Å². The van der Waals surface area contributed by atoms with Gasteiger partial charge in [0.15, 0.2) is 11.0 Å². The van der Waals surface area contributed by atoms with Crippen molar-refractivity contribution in [3.05, 3.63) is 48.4 Å². The van der Waals surface area contributed by atoms with Crippen LogP contribution in [-0.2, 0) is 5.41 Å². The van der Waals surface area contributed by atoms with E-state index in [4.69, 9.17) is 14.4 Å². The first-order valence-electron chi connectivity index (χ1n) is 11.3. The minimum atomic E-state index is -0.203. The van der Waals surface area contributed by atoms with E-state index in [1.807, 2.05) is 45.0 Å². The second kappa shape index (κ2) is 9.23. The highest BCUT2D eigenvalue weighted by Gasteiger charge is 2.36. The fraction of sp³-hybridized carbons (Fsp3) is 0.375. The number of aliphatic hydroxyl groups excluding tert-OH is 1. The summed E-state index contributed by atoms with van der Waals surface area (Å²) in [5.41, 5.74) is 2.45. The SMILES string of the molecule is CC(C)(C)c1nc(C2CN(C(=O)Nc3nc4ccc(-c5cncc(OCCO)c5)cc4s3)C2)no1. The molecule has 4 heterocycles. The Morgan fingerprint density at radius 3 is 2.80 bits per heavy atom. The number of amides is 2. The summed E-state index contributed by atoms with van der Waals surface area (Å²) >= 11 is 1.41. The lowest BCUT2D eigenvalue weighted by atomic mass is 9.96. The van der Waals surface area contributed by atoms with Crippen LogP contribution in [0.5, 0.6) is 5.75 Å². The van der Waals surface area contributed by atoms with Crippen molar-refractivity contribution in [3.63, 3.8) is 0 Å². The number of thiazole rings is 1. The predicted molar refractivity (Wildman–Crippen MR) is 132 cm³/mol. The zero-order chi connectivity index (χ0) is 24.6. The molecule has 0 radical (unpaired) electrons. The monoisotopic (exact) mass is 494 g/mol. The van der Waals surface area contributed by atoms with Gasteiger partial charge in [0.05, 0.1) is 28.9 Å². The molecule has 182 valence electrons. The molecule has 1 aliphatic rings. The van der Waals surface area contributed by atoms with Gasteiger partial charge in [0.25, 0.3) is 0 Å². The first kappa shape index (κ1) is 23.2. The molecule has 1 aromatic carbocycles.